The molecule has 0 aromatic carbocycles. The van der Waals surface area contributed by atoms with Crippen molar-refractivity contribution in [3.8, 4) is 0 Å². The third-order valence-electron chi connectivity index (χ3n) is 4.31. The summed E-state index contributed by atoms with van der Waals surface area (Å²) in [5.74, 6) is 0.390. The Morgan fingerprint density at radius 1 is 1.50 bits per heavy atom. The smallest absolute Gasteiger partial charge is 0.272 e. The maximum Gasteiger partial charge on any atom is 0.272 e. The fourth-order valence-corrected chi connectivity index (χ4v) is 2.68. The molecule has 0 saturated carbocycles. The lowest BCUT2D eigenvalue weighted by molar-refractivity contribution is 0.0522. The van der Waals surface area contributed by atoms with Crippen molar-refractivity contribution in [2.24, 2.45) is 18.2 Å². The first-order valence-electron chi connectivity index (χ1n) is 7.31. The van der Waals surface area contributed by atoms with Crippen molar-refractivity contribution in [1.29, 1.82) is 0 Å². The molecule has 1 aliphatic rings. The lowest BCUT2D eigenvalue weighted by atomic mass is 9.79. The van der Waals surface area contributed by atoms with Crippen molar-refractivity contribution in [3.63, 3.8) is 0 Å². The number of aromatic nitrogens is 2. The molecular formula is C15H26N4O. The highest BCUT2D eigenvalue weighted by Gasteiger charge is 2.36. The van der Waals surface area contributed by atoms with E-state index in [0.29, 0.717) is 18.2 Å². The average Bonchev–Trinajstić information content (AvgIpc) is 2.74. The Morgan fingerprint density at radius 2 is 2.15 bits per heavy atom. The lowest BCUT2D eigenvalue weighted by Crippen LogP contribution is -2.54. The number of nitrogens with two attached hydrogens (primary N) is 1. The van der Waals surface area contributed by atoms with Crippen LogP contribution in [-0.4, -0.2) is 39.7 Å². The number of rotatable bonds is 2. The van der Waals surface area contributed by atoms with Crippen molar-refractivity contribution in [1.82, 2.24) is 14.7 Å². The van der Waals surface area contributed by atoms with E-state index in [4.69, 9.17) is 5.73 Å². The van der Waals surface area contributed by atoms with Gasteiger partial charge < -0.3 is 10.6 Å². The van der Waals surface area contributed by atoms with E-state index < -0.39 is 0 Å². The third-order valence-corrected chi connectivity index (χ3v) is 4.31. The lowest BCUT2D eigenvalue weighted by Gasteiger charge is -2.42. The fraction of sp³-hybridized carbons (Fsp3) is 0.733. The quantitative estimate of drug-likeness (QED) is 0.896. The van der Waals surface area contributed by atoms with E-state index in [-0.39, 0.29) is 17.4 Å². The number of aryl methyl sites for hydroxylation is 1. The molecule has 0 aliphatic carbocycles. The summed E-state index contributed by atoms with van der Waals surface area (Å²) in [6.45, 7) is 9.85. The number of nitrogens with zero attached hydrogens (tertiary/aromatic N) is 3. The van der Waals surface area contributed by atoms with Gasteiger partial charge in [-0.1, -0.05) is 27.7 Å². The number of hydrogen-bond donors (Lipinski definition) is 1. The summed E-state index contributed by atoms with van der Waals surface area (Å²) in [5.41, 5.74) is 7.73. The van der Waals surface area contributed by atoms with Crippen LogP contribution >= 0.6 is 0 Å². The third kappa shape index (κ3) is 2.73. The molecule has 0 bridgehead atoms. The molecule has 5 nitrogen and oxygen atoms in total. The SMILES string of the molecule is CC(C)c1cc(C(=O)N2CCC(N)C(C)(C)C2)n(C)n1. The zero-order chi connectivity index (χ0) is 15.1. The van der Waals surface area contributed by atoms with Gasteiger partial charge in [0.2, 0.25) is 0 Å². The number of carbonyl (C=O) groups excluding carboxylic acids is 1. The van der Waals surface area contributed by atoms with Crippen molar-refractivity contribution in [2.75, 3.05) is 13.1 Å². The van der Waals surface area contributed by atoms with E-state index >= 15 is 0 Å². The molecule has 1 aliphatic heterocycles. The number of piperidine rings is 1. The van der Waals surface area contributed by atoms with Gasteiger partial charge in [-0.25, -0.2) is 0 Å². The first-order chi connectivity index (χ1) is 9.22. The molecule has 1 unspecified atom stereocenters. The minimum atomic E-state index is -0.0343. The largest absolute Gasteiger partial charge is 0.337 e. The van der Waals surface area contributed by atoms with Gasteiger partial charge in [0, 0.05) is 26.2 Å². The van der Waals surface area contributed by atoms with Crippen LogP contribution < -0.4 is 5.73 Å². The summed E-state index contributed by atoms with van der Waals surface area (Å²) < 4.78 is 1.69. The second-order valence-electron chi connectivity index (χ2n) is 6.84. The van der Waals surface area contributed by atoms with Crippen LogP contribution in [0.1, 0.15) is 56.2 Å². The Bertz CT molecular complexity index is 504. The number of amides is 1. The standard InChI is InChI=1S/C15H26N4O/c1-10(2)11-8-12(18(5)17-11)14(20)19-7-6-13(16)15(3,4)9-19/h8,10,13H,6-7,9,16H2,1-5H3. The van der Waals surface area contributed by atoms with E-state index in [1.165, 1.54) is 0 Å². The monoisotopic (exact) mass is 278 g/mol. The molecule has 1 aromatic heterocycles. The van der Waals surface area contributed by atoms with Crippen molar-refractivity contribution in [3.05, 3.63) is 17.5 Å². The predicted octanol–water partition coefficient (Wildman–Crippen LogP) is 1.74. The van der Waals surface area contributed by atoms with Gasteiger partial charge in [-0.05, 0) is 23.8 Å². The molecule has 20 heavy (non-hydrogen) atoms. The van der Waals surface area contributed by atoms with E-state index in [1.54, 1.807) is 4.68 Å². The van der Waals surface area contributed by atoms with Gasteiger partial charge in [-0.2, -0.15) is 5.10 Å². The summed E-state index contributed by atoms with van der Waals surface area (Å²) in [7, 11) is 1.83. The molecule has 1 amide bonds. The summed E-state index contributed by atoms with van der Waals surface area (Å²) in [5, 5.41) is 4.42. The van der Waals surface area contributed by atoms with Crippen LogP contribution in [0, 0.1) is 5.41 Å². The molecule has 0 spiro atoms. The summed E-state index contributed by atoms with van der Waals surface area (Å²) >= 11 is 0. The zero-order valence-corrected chi connectivity index (χ0v) is 13.2. The molecule has 2 heterocycles. The van der Waals surface area contributed by atoms with Gasteiger partial charge in [0.1, 0.15) is 5.69 Å². The second-order valence-corrected chi connectivity index (χ2v) is 6.84. The topological polar surface area (TPSA) is 64.2 Å². The fourth-order valence-electron chi connectivity index (χ4n) is 2.68. The van der Waals surface area contributed by atoms with Crippen LogP contribution in [0.15, 0.2) is 6.07 Å². The molecule has 2 N–H and O–H groups in total. The van der Waals surface area contributed by atoms with Gasteiger partial charge in [0.15, 0.2) is 0 Å². The highest BCUT2D eigenvalue weighted by atomic mass is 16.2. The molecular weight excluding hydrogens is 252 g/mol. The van der Waals surface area contributed by atoms with Crippen LogP contribution in [-0.2, 0) is 7.05 Å². The van der Waals surface area contributed by atoms with Gasteiger partial charge >= 0.3 is 0 Å². The van der Waals surface area contributed by atoms with E-state index in [2.05, 4.69) is 32.8 Å². The Balaban J connectivity index is 2.20. The maximum absolute atomic E-state index is 12.7. The van der Waals surface area contributed by atoms with Gasteiger partial charge in [-0.15, -0.1) is 0 Å². The molecule has 5 heteroatoms. The highest BCUT2D eigenvalue weighted by Crippen LogP contribution is 2.28. The molecule has 0 radical (unpaired) electrons. The van der Waals surface area contributed by atoms with Gasteiger partial charge in [0.05, 0.1) is 5.69 Å². The zero-order valence-electron chi connectivity index (χ0n) is 13.2. The number of likely N-dealkylation sites (tertiary alicyclic amines) is 1. The molecule has 112 valence electrons. The van der Waals surface area contributed by atoms with Crippen molar-refractivity contribution in [2.45, 2.75) is 46.1 Å². The minimum Gasteiger partial charge on any atom is -0.337 e. The first-order valence-corrected chi connectivity index (χ1v) is 7.31. The molecule has 1 aromatic rings. The van der Waals surface area contributed by atoms with Crippen LogP contribution in [0.3, 0.4) is 0 Å². The number of carbonyl (C=O) groups is 1. The normalized spacial score (nSPS) is 22.4. The second kappa shape index (κ2) is 5.20. The Hall–Kier alpha value is -1.36. The summed E-state index contributed by atoms with van der Waals surface area (Å²) in [4.78, 5) is 14.6. The highest BCUT2D eigenvalue weighted by molar-refractivity contribution is 5.92. The maximum atomic E-state index is 12.7. The molecule has 1 saturated heterocycles. The summed E-state index contributed by atoms with van der Waals surface area (Å²) in [6.07, 6.45) is 0.855. The van der Waals surface area contributed by atoms with Crippen LogP contribution in [0.25, 0.3) is 0 Å². The molecule has 1 fully saturated rings. The van der Waals surface area contributed by atoms with E-state index in [1.807, 2.05) is 18.0 Å². The van der Waals surface area contributed by atoms with Crippen LogP contribution in [0.2, 0.25) is 0 Å². The Kier molecular flexibility index (Phi) is 3.91. The van der Waals surface area contributed by atoms with Gasteiger partial charge in [0.25, 0.3) is 5.91 Å². The van der Waals surface area contributed by atoms with Crippen molar-refractivity contribution >= 4 is 5.91 Å². The van der Waals surface area contributed by atoms with E-state index in [0.717, 1.165) is 18.7 Å². The predicted molar refractivity (Wildman–Crippen MR) is 79.6 cm³/mol. The van der Waals surface area contributed by atoms with Crippen molar-refractivity contribution < 1.29 is 4.79 Å². The van der Waals surface area contributed by atoms with E-state index in [9.17, 15) is 4.79 Å². The molecule has 1 atom stereocenters. The summed E-state index contributed by atoms with van der Waals surface area (Å²) in [6, 6.07) is 2.07. The average molecular weight is 278 g/mol. The Morgan fingerprint density at radius 3 is 2.65 bits per heavy atom. The van der Waals surface area contributed by atoms with Crippen LogP contribution in [0.4, 0.5) is 0 Å². The van der Waals surface area contributed by atoms with Gasteiger partial charge in [-0.3, -0.25) is 9.48 Å². The molecule has 2 rings (SSSR count). The number of hydrogen-bond acceptors (Lipinski definition) is 3. The first kappa shape index (κ1) is 15.0. The minimum absolute atomic E-state index is 0.0343. The van der Waals surface area contributed by atoms with Crippen LogP contribution in [0.5, 0.6) is 0 Å². The Labute approximate surface area is 121 Å².